The fraction of sp³-hybridized carbons (Fsp3) is 0. The van der Waals surface area contributed by atoms with Gasteiger partial charge in [-0.05, 0) is 23.8 Å². The molecule has 0 aliphatic heterocycles. The smallest absolute Gasteiger partial charge is 0.267 e. The van der Waals surface area contributed by atoms with E-state index in [0.29, 0.717) is 11.3 Å². The van der Waals surface area contributed by atoms with E-state index in [9.17, 15) is 13.2 Å². The average molecular weight is 370 g/mol. The van der Waals surface area contributed by atoms with Crippen LogP contribution in [0.15, 0.2) is 89.9 Å². The van der Waals surface area contributed by atoms with Crippen molar-refractivity contribution >= 4 is 27.7 Å². The molecule has 26 heavy (non-hydrogen) atoms. The highest BCUT2D eigenvalue weighted by Gasteiger charge is 2.14. The van der Waals surface area contributed by atoms with E-state index in [2.05, 4.69) is 4.72 Å². The van der Waals surface area contributed by atoms with Gasteiger partial charge in [0.1, 0.15) is 0 Å². The van der Waals surface area contributed by atoms with Gasteiger partial charge in [-0.25, -0.2) is 13.9 Å². The van der Waals surface area contributed by atoms with Crippen molar-refractivity contribution in [3.8, 4) is 0 Å². The highest BCUT2D eigenvalue weighted by Crippen LogP contribution is 2.21. The molecule has 0 saturated carbocycles. The molecule has 0 unspecified atom stereocenters. The van der Waals surface area contributed by atoms with Crippen LogP contribution >= 0.6 is 0 Å². The van der Waals surface area contributed by atoms with Gasteiger partial charge in [0.25, 0.3) is 15.9 Å². The lowest BCUT2D eigenvalue weighted by atomic mass is 10.1. The molecule has 7 heteroatoms. The van der Waals surface area contributed by atoms with E-state index >= 15 is 0 Å². The fourth-order valence-electron chi connectivity index (χ4n) is 2.01. The molecule has 0 aliphatic carbocycles. The van der Waals surface area contributed by atoms with Crippen LogP contribution in [-0.4, -0.2) is 19.5 Å². The summed E-state index contributed by atoms with van der Waals surface area (Å²) in [6.45, 7) is 0. The minimum atomic E-state index is -3.67. The van der Waals surface area contributed by atoms with Crippen LogP contribution < -0.4 is 10.2 Å². The number of hydrogen-bond acceptors (Lipinski definition) is 4. The normalized spacial score (nSPS) is 12.0. The van der Waals surface area contributed by atoms with E-state index in [1.54, 1.807) is 66.8 Å². The molecular weight excluding hydrogens is 352 g/mol. The maximum atomic E-state index is 12.4. The molecule has 0 heterocycles. The van der Waals surface area contributed by atoms with Crippen molar-refractivity contribution in [2.24, 2.45) is 0 Å². The third-order valence-corrected chi connectivity index (χ3v) is 4.61. The summed E-state index contributed by atoms with van der Waals surface area (Å²) in [5.74, 6) is -0.626. The number of benzene rings is 2. The molecule has 2 rings (SSSR count). The average Bonchev–Trinajstić information content (AvgIpc) is 2.66. The molecule has 3 N–H and O–H groups in total. The Labute approximate surface area is 152 Å². The number of carbonyl (C=O) groups is 1. The van der Waals surface area contributed by atoms with Crippen molar-refractivity contribution in [2.45, 2.75) is 4.90 Å². The number of allylic oxidation sites excluding steroid dienone is 4. The zero-order chi connectivity index (χ0) is 18.8. The predicted molar refractivity (Wildman–Crippen MR) is 101 cm³/mol. The summed E-state index contributed by atoms with van der Waals surface area (Å²) < 4.78 is 27.5. The van der Waals surface area contributed by atoms with Gasteiger partial charge in [-0.1, -0.05) is 66.8 Å². The first-order valence-corrected chi connectivity index (χ1v) is 9.13. The molecular formula is C19H18N2O4S. The van der Waals surface area contributed by atoms with E-state index in [1.807, 2.05) is 0 Å². The number of hydroxylamine groups is 1. The van der Waals surface area contributed by atoms with E-state index in [-0.39, 0.29) is 4.90 Å². The van der Waals surface area contributed by atoms with Gasteiger partial charge in [0.05, 0.1) is 10.6 Å². The second kappa shape index (κ2) is 9.36. The molecule has 0 radical (unpaired) electrons. The first-order valence-electron chi connectivity index (χ1n) is 7.65. The van der Waals surface area contributed by atoms with Crippen LogP contribution in [0.5, 0.6) is 0 Å². The molecule has 0 spiro atoms. The van der Waals surface area contributed by atoms with Crippen LogP contribution in [0.25, 0.3) is 6.08 Å². The Balaban J connectivity index is 2.13. The number of para-hydroxylation sites is 1. The Morgan fingerprint density at radius 1 is 0.885 bits per heavy atom. The van der Waals surface area contributed by atoms with Crippen molar-refractivity contribution in [1.82, 2.24) is 5.48 Å². The molecule has 6 nitrogen and oxygen atoms in total. The van der Waals surface area contributed by atoms with Crippen LogP contribution in [0.3, 0.4) is 0 Å². The van der Waals surface area contributed by atoms with Crippen molar-refractivity contribution in [2.75, 3.05) is 4.72 Å². The van der Waals surface area contributed by atoms with E-state index in [0.717, 1.165) is 6.08 Å². The number of rotatable bonds is 7. The van der Waals surface area contributed by atoms with Gasteiger partial charge >= 0.3 is 0 Å². The van der Waals surface area contributed by atoms with Gasteiger partial charge in [-0.2, -0.15) is 0 Å². The lowest BCUT2D eigenvalue weighted by Crippen LogP contribution is -2.14. The van der Waals surface area contributed by atoms with Crippen LogP contribution in [-0.2, 0) is 14.8 Å². The summed E-state index contributed by atoms with van der Waals surface area (Å²) in [6, 6.07) is 15.1. The third kappa shape index (κ3) is 5.73. The molecule has 134 valence electrons. The summed E-state index contributed by atoms with van der Waals surface area (Å²) in [6.07, 6.45) is 9.33. The summed E-state index contributed by atoms with van der Waals surface area (Å²) in [5, 5.41) is 8.35. The van der Waals surface area contributed by atoms with Gasteiger partial charge in [-0.3, -0.25) is 14.7 Å². The molecule has 0 atom stereocenters. The summed E-state index contributed by atoms with van der Waals surface area (Å²) in [5.41, 5.74) is 2.63. The highest BCUT2D eigenvalue weighted by molar-refractivity contribution is 7.92. The monoisotopic (exact) mass is 370 g/mol. The van der Waals surface area contributed by atoms with Gasteiger partial charge in [0.2, 0.25) is 0 Å². The van der Waals surface area contributed by atoms with Crippen molar-refractivity contribution in [1.29, 1.82) is 0 Å². The second-order valence-electron chi connectivity index (χ2n) is 5.08. The van der Waals surface area contributed by atoms with E-state index < -0.39 is 15.9 Å². The number of amides is 1. The standard InChI is InChI=1S/C19H18N2O4S/c22-19(20-23)15-7-2-1-4-10-16-11-8-9-14-18(16)21-26(24,25)17-12-5-3-6-13-17/h1-15,21,23H,(H,20,22)/b2-1+,10-4+,15-7+. The number of carbonyl (C=O) groups excluding carboxylic acids is 1. The fourth-order valence-corrected chi connectivity index (χ4v) is 3.12. The zero-order valence-electron chi connectivity index (χ0n) is 13.7. The number of anilines is 1. The number of sulfonamides is 1. The van der Waals surface area contributed by atoms with E-state index in [4.69, 9.17) is 5.21 Å². The van der Waals surface area contributed by atoms with Gasteiger partial charge in [0, 0.05) is 6.08 Å². The van der Waals surface area contributed by atoms with Crippen LogP contribution in [0, 0.1) is 0 Å². The topological polar surface area (TPSA) is 95.5 Å². The van der Waals surface area contributed by atoms with Gasteiger partial charge < -0.3 is 0 Å². The zero-order valence-corrected chi connectivity index (χ0v) is 14.6. The van der Waals surface area contributed by atoms with Crippen LogP contribution in [0.2, 0.25) is 0 Å². The van der Waals surface area contributed by atoms with Gasteiger partial charge in [-0.15, -0.1) is 0 Å². The number of hydrogen-bond donors (Lipinski definition) is 3. The first-order chi connectivity index (χ1) is 12.5. The third-order valence-electron chi connectivity index (χ3n) is 3.23. The summed E-state index contributed by atoms with van der Waals surface area (Å²) in [4.78, 5) is 11.0. The van der Waals surface area contributed by atoms with Crippen molar-refractivity contribution in [3.63, 3.8) is 0 Å². The summed E-state index contributed by atoms with van der Waals surface area (Å²) in [7, 11) is -3.67. The molecule has 0 aromatic heterocycles. The maximum absolute atomic E-state index is 12.4. The Kier molecular flexibility index (Phi) is 6.90. The SMILES string of the molecule is O=C(/C=C/C=C/C=C/c1ccccc1NS(=O)(=O)c1ccccc1)NO. The first kappa shape index (κ1) is 19.2. The van der Waals surface area contributed by atoms with Crippen molar-refractivity contribution < 1.29 is 18.4 Å². The quantitative estimate of drug-likeness (QED) is 0.302. The molecule has 0 aliphatic rings. The van der Waals surface area contributed by atoms with Crippen molar-refractivity contribution in [3.05, 3.63) is 90.5 Å². The van der Waals surface area contributed by atoms with E-state index in [1.165, 1.54) is 23.7 Å². The van der Waals surface area contributed by atoms with Crippen LogP contribution in [0.1, 0.15) is 5.56 Å². The molecule has 0 saturated heterocycles. The van der Waals surface area contributed by atoms with Crippen LogP contribution in [0.4, 0.5) is 5.69 Å². The summed E-state index contributed by atoms with van der Waals surface area (Å²) >= 11 is 0. The Hall–Kier alpha value is -3.16. The minimum Gasteiger partial charge on any atom is -0.288 e. The molecule has 0 bridgehead atoms. The molecule has 0 fully saturated rings. The lowest BCUT2D eigenvalue weighted by molar-refractivity contribution is -0.124. The predicted octanol–water partition coefficient (Wildman–Crippen LogP) is 3.12. The molecule has 2 aromatic carbocycles. The molecule has 2 aromatic rings. The molecule has 1 amide bonds. The number of nitrogens with one attached hydrogen (secondary N) is 2. The highest BCUT2D eigenvalue weighted by atomic mass is 32.2. The second-order valence-corrected chi connectivity index (χ2v) is 6.77. The Morgan fingerprint density at radius 3 is 2.27 bits per heavy atom. The largest absolute Gasteiger partial charge is 0.288 e. The van der Waals surface area contributed by atoms with Gasteiger partial charge in [0.15, 0.2) is 0 Å². The Morgan fingerprint density at radius 2 is 1.54 bits per heavy atom. The Bertz CT molecular complexity index is 933. The lowest BCUT2D eigenvalue weighted by Gasteiger charge is -2.10. The minimum absolute atomic E-state index is 0.186. The maximum Gasteiger partial charge on any atom is 0.267 e.